The number of nitrogens with zero attached hydrogens (tertiary/aromatic N) is 1. The highest BCUT2D eigenvalue weighted by Gasteiger charge is 2.11. The van der Waals surface area contributed by atoms with Crippen LogP contribution in [-0.4, -0.2) is 34.1 Å². The molecule has 6 nitrogen and oxygen atoms in total. The van der Waals surface area contributed by atoms with Crippen molar-refractivity contribution in [3.05, 3.63) is 29.6 Å². The lowest BCUT2D eigenvalue weighted by atomic mass is 10.2. The van der Waals surface area contributed by atoms with Gasteiger partial charge in [-0.15, -0.1) is 0 Å². The molecule has 2 aromatic rings. The molecule has 2 rings (SSSR count). The molecule has 0 unspecified atom stereocenters. The first-order valence-electron chi connectivity index (χ1n) is 4.42. The van der Waals surface area contributed by atoms with Crippen LogP contribution >= 0.6 is 0 Å². The van der Waals surface area contributed by atoms with E-state index in [9.17, 15) is 9.59 Å². The van der Waals surface area contributed by atoms with Gasteiger partial charge in [0.25, 0.3) is 0 Å². The molecule has 2 aromatic heterocycles. The summed E-state index contributed by atoms with van der Waals surface area (Å²) in [6, 6.07) is 2.94. The van der Waals surface area contributed by atoms with Crippen molar-refractivity contribution >= 4 is 23.0 Å². The lowest BCUT2D eigenvalue weighted by Crippen LogP contribution is -2.01. The predicted octanol–water partition coefficient (Wildman–Crippen LogP) is 1.05. The van der Waals surface area contributed by atoms with Gasteiger partial charge < -0.3 is 14.8 Å². The highest BCUT2D eigenvalue weighted by molar-refractivity contribution is 5.96. The zero-order chi connectivity index (χ0) is 11.7. The maximum Gasteiger partial charge on any atom is 0.352 e. The standard InChI is InChI=1S/C10H8N2O4/c1-16-10(15)6-2-5-3-7(9(13)14)12-8(5)11-4-6/h2-4H,1H3,(H,11,12)(H,13,14). The van der Waals surface area contributed by atoms with E-state index in [-0.39, 0.29) is 11.3 Å². The molecule has 0 atom stereocenters. The second kappa shape index (κ2) is 3.65. The quantitative estimate of drug-likeness (QED) is 0.738. The van der Waals surface area contributed by atoms with E-state index in [1.165, 1.54) is 25.4 Å². The molecule has 0 aliphatic carbocycles. The number of hydrogen-bond acceptors (Lipinski definition) is 4. The Morgan fingerprint density at radius 2 is 2.19 bits per heavy atom. The smallest absolute Gasteiger partial charge is 0.352 e. The summed E-state index contributed by atoms with van der Waals surface area (Å²) in [5.41, 5.74) is 0.737. The van der Waals surface area contributed by atoms with Crippen LogP contribution in [0.2, 0.25) is 0 Å². The van der Waals surface area contributed by atoms with Crippen LogP contribution in [0.4, 0.5) is 0 Å². The fourth-order valence-corrected chi connectivity index (χ4v) is 1.36. The minimum atomic E-state index is -1.07. The van der Waals surface area contributed by atoms with Gasteiger partial charge in [0.2, 0.25) is 0 Å². The normalized spacial score (nSPS) is 10.3. The van der Waals surface area contributed by atoms with E-state index in [1.807, 2.05) is 0 Å². The van der Waals surface area contributed by atoms with E-state index in [1.54, 1.807) is 0 Å². The van der Waals surface area contributed by atoms with Crippen LogP contribution in [0, 0.1) is 0 Å². The Labute approximate surface area is 89.9 Å². The number of carbonyl (C=O) groups is 2. The second-order valence-electron chi connectivity index (χ2n) is 3.14. The molecule has 0 spiro atoms. The van der Waals surface area contributed by atoms with Gasteiger partial charge in [0, 0.05) is 11.6 Å². The summed E-state index contributed by atoms with van der Waals surface area (Å²) in [7, 11) is 1.27. The zero-order valence-corrected chi connectivity index (χ0v) is 8.35. The third-order valence-electron chi connectivity index (χ3n) is 2.12. The van der Waals surface area contributed by atoms with Gasteiger partial charge in [-0.2, -0.15) is 0 Å². The Hall–Kier alpha value is -2.37. The molecule has 0 aliphatic heterocycles. The molecule has 16 heavy (non-hydrogen) atoms. The third kappa shape index (κ3) is 1.60. The summed E-state index contributed by atoms with van der Waals surface area (Å²) in [6.45, 7) is 0. The maximum atomic E-state index is 11.2. The first-order chi connectivity index (χ1) is 7.61. The number of carboxylic acid groups (broad SMARTS) is 1. The van der Waals surface area contributed by atoms with Crippen LogP contribution < -0.4 is 0 Å². The summed E-state index contributed by atoms with van der Waals surface area (Å²) in [4.78, 5) is 28.5. The number of methoxy groups -OCH3 is 1. The number of pyridine rings is 1. The predicted molar refractivity (Wildman–Crippen MR) is 54.4 cm³/mol. The van der Waals surface area contributed by atoms with E-state index in [0.29, 0.717) is 11.0 Å². The number of aromatic nitrogens is 2. The van der Waals surface area contributed by atoms with E-state index >= 15 is 0 Å². The van der Waals surface area contributed by atoms with Crippen LogP contribution in [0.5, 0.6) is 0 Å². The fourth-order valence-electron chi connectivity index (χ4n) is 1.36. The van der Waals surface area contributed by atoms with E-state index < -0.39 is 11.9 Å². The fraction of sp³-hybridized carbons (Fsp3) is 0.100. The lowest BCUT2D eigenvalue weighted by molar-refractivity contribution is 0.0599. The first kappa shape index (κ1) is 10.2. The van der Waals surface area contributed by atoms with Gasteiger partial charge in [0.05, 0.1) is 12.7 Å². The number of nitrogens with one attached hydrogen (secondary N) is 1. The van der Waals surface area contributed by atoms with Gasteiger partial charge in [0.15, 0.2) is 0 Å². The Balaban J connectivity index is 2.53. The zero-order valence-electron chi connectivity index (χ0n) is 8.35. The Kier molecular flexibility index (Phi) is 2.32. The van der Waals surface area contributed by atoms with Gasteiger partial charge in [-0.25, -0.2) is 14.6 Å². The number of rotatable bonds is 2. The highest BCUT2D eigenvalue weighted by Crippen LogP contribution is 2.15. The van der Waals surface area contributed by atoms with Crippen molar-refractivity contribution < 1.29 is 19.4 Å². The molecule has 0 saturated carbocycles. The largest absolute Gasteiger partial charge is 0.477 e. The lowest BCUT2D eigenvalue weighted by Gasteiger charge is -1.97. The van der Waals surface area contributed by atoms with Crippen molar-refractivity contribution in [1.82, 2.24) is 9.97 Å². The molecule has 0 amide bonds. The van der Waals surface area contributed by atoms with Crippen molar-refractivity contribution in [2.75, 3.05) is 7.11 Å². The van der Waals surface area contributed by atoms with Crippen molar-refractivity contribution in [3.8, 4) is 0 Å². The van der Waals surface area contributed by atoms with E-state index in [0.717, 1.165) is 0 Å². The summed E-state index contributed by atoms with van der Waals surface area (Å²) in [5, 5.41) is 9.32. The van der Waals surface area contributed by atoms with E-state index in [2.05, 4.69) is 14.7 Å². The molecular formula is C10H8N2O4. The first-order valence-corrected chi connectivity index (χ1v) is 4.42. The molecule has 0 fully saturated rings. The maximum absolute atomic E-state index is 11.2. The number of esters is 1. The van der Waals surface area contributed by atoms with Crippen molar-refractivity contribution in [2.24, 2.45) is 0 Å². The molecule has 2 N–H and O–H groups in total. The number of hydrogen-bond donors (Lipinski definition) is 2. The van der Waals surface area contributed by atoms with Crippen molar-refractivity contribution in [3.63, 3.8) is 0 Å². The number of aromatic carboxylic acids is 1. The molecular weight excluding hydrogens is 212 g/mol. The minimum Gasteiger partial charge on any atom is -0.477 e. The number of H-pyrrole nitrogens is 1. The SMILES string of the molecule is COC(=O)c1cnc2[nH]c(C(=O)O)cc2c1. The Morgan fingerprint density at radius 1 is 1.44 bits per heavy atom. The van der Waals surface area contributed by atoms with Crippen molar-refractivity contribution in [2.45, 2.75) is 0 Å². The topological polar surface area (TPSA) is 92.3 Å². The number of fused-ring (bicyclic) bond motifs is 1. The molecule has 0 bridgehead atoms. The van der Waals surface area contributed by atoms with Crippen LogP contribution in [0.1, 0.15) is 20.8 Å². The molecule has 0 radical (unpaired) electrons. The number of aromatic amines is 1. The molecule has 2 heterocycles. The molecule has 0 aromatic carbocycles. The van der Waals surface area contributed by atoms with Gasteiger partial charge in [-0.3, -0.25) is 0 Å². The summed E-state index contributed by atoms with van der Waals surface area (Å²) < 4.78 is 4.53. The summed E-state index contributed by atoms with van der Waals surface area (Å²) in [6.07, 6.45) is 1.33. The molecule has 82 valence electrons. The molecule has 6 heteroatoms. The van der Waals surface area contributed by atoms with Crippen LogP contribution in [0.15, 0.2) is 18.3 Å². The van der Waals surface area contributed by atoms with Crippen LogP contribution in [0.25, 0.3) is 11.0 Å². The third-order valence-corrected chi connectivity index (χ3v) is 2.12. The Morgan fingerprint density at radius 3 is 2.81 bits per heavy atom. The summed E-state index contributed by atoms with van der Waals surface area (Å²) >= 11 is 0. The molecule has 0 aliphatic rings. The van der Waals surface area contributed by atoms with E-state index in [4.69, 9.17) is 5.11 Å². The second-order valence-corrected chi connectivity index (χ2v) is 3.14. The minimum absolute atomic E-state index is 0.0320. The highest BCUT2D eigenvalue weighted by atomic mass is 16.5. The Bertz CT molecular complexity index is 573. The van der Waals surface area contributed by atoms with Gasteiger partial charge in [0.1, 0.15) is 11.3 Å². The average Bonchev–Trinajstić information content (AvgIpc) is 2.70. The molecule has 0 saturated heterocycles. The van der Waals surface area contributed by atoms with Crippen molar-refractivity contribution in [1.29, 1.82) is 0 Å². The van der Waals surface area contributed by atoms with Gasteiger partial charge >= 0.3 is 11.9 Å². The number of carbonyl (C=O) groups excluding carboxylic acids is 1. The van der Waals surface area contributed by atoms with Crippen LogP contribution in [-0.2, 0) is 4.74 Å². The number of ether oxygens (including phenoxy) is 1. The van der Waals surface area contributed by atoms with Crippen LogP contribution in [0.3, 0.4) is 0 Å². The van der Waals surface area contributed by atoms with Gasteiger partial charge in [-0.05, 0) is 12.1 Å². The monoisotopic (exact) mass is 220 g/mol. The van der Waals surface area contributed by atoms with Gasteiger partial charge in [-0.1, -0.05) is 0 Å². The average molecular weight is 220 g/mol. The number of carboxylic acids is 1. The summed E-state index contributed by atoms with van der Waals surface area (Å²) in [5.74, 6) is -1.58.